The summed E-state index contributed by atoms with van der Waals surface area (Å²) in [5.74, 6) is -0.843. The molecule has 0 aromatic heterocycles. The number of halogens is 5. The van der Waals surface area contributed by atoms with Gasteiger partial charge in [-0.25, -0.2) is 0 Å². The monoisotopic (exact) mass is 612 g/mol. The van der Waals surface area contributed by atoms with Gasteiger partial charge >= 0.3 is 11.9 Å². The Hall–Kier alpha value is -3.74. The molecular formula is C26H17Cl2F3N2O6S. The van der Waals surface area contributed by atoms with Gasteiger partial charge in [-0.3, -0.25) is 24.6 Å². The van der Waals surface area contributed by atoms with Crippen LogP contribution >= 0.6 is 35.0 Å². The average molecular weight is 613 g/mol. The van der Waals surface area contributed by atoms with E-state index < -0.39 is 39.2 Å². The summed E-state index contributed by atoms with van der Waals surface area (Å²) in [4.78, 5) is 37.1. The van der Waals surface area contributed by atoms with Crippen LogP contribution in [-0.2, 0) is 17.5 Å². The molecule has 1 aliphatic rings. The molecule has 3 aromatic carbocycles. The van der Waals surface area contributed by atoms with Crippen molar-refractivity contribution < 1.29 is 37.2 Å². The fraction of sp³-hybridized carbons (Fsp3) is 0.154. The Bertz CT molecular complexity index is 1550. The van der Waals surface area contributed by atoms with Gasteiger partial charge in [-0.2, -0.15) is 13.2 Å². The van der Waals surface area contributed by atoms with E-state index in [1.54, 1.807) is 25.1 Å². The molecule has 1 aliphatic heterocycles. The second kappa shape index (κ2) is 11.8. The number of amides is 2. The molecule has 4 rings (SSSR count). The highest BCUT2D eigenvalue weighted by Gasteiger charge is 2.35. The number of hydrogen-bond acceptors (Lipinski definition) is 7. The van der Waals surface area contributed by atoms with Crippen LogP contribution in [0.15, 0.2) is 59.5 Å². The van der Waals surface area contributed by atoms with E-state index in [9.17, 15) is 32.9 Å². The van der Waals surface area contributed by atoms with Crippen LogP contribution in [0.5, 0.6) is 17.2 Å². The topological polar surface area (TPSA) is 99.0 Å². The number of alkyl halides is 3. The first-order valence-electron chi connectivity index (χ1n) is 11.4. The number of carbonyl (C=O) groups is 2. The number of benzene rings is 3. The van der Waals surface area contributed by atoms with Gasteiger partial charge in [0.2, 0.25) is 5.75 Å². The zero-order chi connectivity index (χ0) is 29.2. The maximum Gasteiger partial charge on any atom is 0.416 e. The molecule has 14 heteroatoms. The summed E-state index contributed by atoms with van der Waals surface area (Å²) in [6.07, 6.45) is -3.31. The minimum atomic E-state index is -4.77. The summed E-state index contributed by atoms with van der Waals surface area (Å²) >= 11 is 12.7. The van der Waals surface area contributed by atoms with E-state index in [-0.39, 0.29) is 34.6 Å². The zero-order valence-electron chi connectivity index (χ0n) is 20.3. The molecule has 208 valence electrons. The first kappa shape index (κ1) is 29.2. The number of imide groups is 1. The number of nitro groups is 1. The van der Waals surface area contributed by atoms with Crippen molar-refractivity contribution >= 4 is 57.9 Å². The first-order valence-corrected chi connectivity index (χ1v) is 12.9. The number of carbonyl (C=O) groups excluding carboxylic acids is 2. The third-order valence-corrected chi connectivity index (χ3v) is 7.11. The summed E-state index contributed by atoms with van der Waals surface area (Å²) in [5, 5.41) is 11.6. The van der Waals surface area contributed by atoms with Crippen molar-refractivity contribution in [3.05, 3.63) is 96.4 Å². The molecule has 1 heterocycles. The van der Waals surface area contributed by atoms with Crippen molar-refractivity contribution in [3.63, 3.8) is 0 Å². The maximum atomic E-state index is 13.0. The third-order valence-electron chi connectivity index (χ3n) is 5.47. The molecule has 1 saturated heterocycles. The van der Waals surface area contributed by atoms with Crippen molar-refractivity contribution in [3.8, 4) is 17.2 Å². The highest BCUT2D eigenvalue weighted by Crippen LogP contribution is 2.41. The van der Waals surface area contributed by atoms with Gasteiger partial charge in [0.25, 0.3) is 11.1 Å². The molecule has 0 saturated carbocycles. The highest BCUT2D eigenvalue weighted by atomic mass is 35.5. The Morgan fingerprint density at radius 2 is 1.73 bits per heavy atom. The van der Waals surface area contributed by atoms with Crippen molar-refractivity contribution in [2.45, 2.75) is 19.6 Å². The smallest absolute Gasteiger partial charge is 0.416 e. The van der Waals surface area contributed by atoms with Crippen LogP contribution in [-0.4, -0.2) is 27.6 Å². The van der Waals surface area contributed by atoms with Crippen molar-refractivity contribution in [1.82, 2.24) is 4.90 Å². The zero-order valence-corrected chi connectivity index (χ0v) is 22.7. The SMILES string of the molecule is CCOc1cc(/C=C2/SC(=O)N(Cc3ccc(Cl)c(Cl)c3)C2=O)ccc1Oc1ccc(C(F)(F)F)cc1[N+](=O)[O-]. The predicted octanol–water partition coefficient (Wildman–Crippen LogP) is 8.35. The fourth-order valence-electron chi connectivity index (χ4n) is 3.62. The summed E-state index contributed by atoms with van der Waals surface area (Å²) in [5.41, 5.74) is -1.02. The van der Waals surface area contributed by atoms with E-state index in [4.69, 9.17) is 32.7 Å². The molecule has 0 unspecified atom stereocenters. The van der Waals surface area contributed by atoms with E-state index >= 15 is 0 Å². The average Bonchev–Trinajstić information content (AvgIpc) is 3.14. The van der Waals surface area contributed by atoms with E-state index in [0.29, 0.717) is 28.3 Å². The lowest BCUT2D eigenvalue weighted by Crippen LogP contribution is -2.27. The van der Waals surface area contributed by atoms with Crippen molar-refractivity contribution in [2.24, 2.45) is 0 Å². The minimum absolute atomic E-state index is 0.00502. The molecule has 0 N–H and O–H groups in total. The summed E-state index contributed by atoms with van der Waals surface area (Å²) < 4.78 is 50.2. The van der Waals surface area contributed by atoms with Crippen molar-refractivity contribution in [2.75, 3.05) is 6.61 Å². The van der Waals surface area contributed by atoms with Gasteiger partial charge in [0.15, 0.2) is 11.5 Å². The Kier molecular flexibility index (Phi) is 8.62. The van der Waals surface area contributed by atoms with Gasteiger partial charge < -0.3 is 9.47 Å². The Labute approximate surface area is 239 Å². The number of nitrogens with zero attached hydrogens (tertiary/aromatic N) is 2. The summed E-state index contributed by atoms with van der Waals surface area (Å²) in [6, 6.07) is 11.0. The van der Waals surface area contributed by atoms with Gasteiger partial charge in [-0.1, -0.05) is 35.3 Å². The molecule has 0 bridgehead atoms. The lowest BCUT2D eigenvalue weighted by molar-refractivity contribution is -0.385. The fourth-order valence-corrected chi connectivity index (χ4v) is 4.78. The highest BCUT2D eigenvalue weighted by molar-refractivity contribution is 8.18. The second-order valence-electron chi connectivity index (χ2n) is 8.19. The molecule has 8 nitrogen and oxygen atoms in total. The van der Waals surface area contributed by atoms with Crippen LogP contribution in [0.2, 0.25) is 10.0 Å². The number of thioether (sulfide) groups is 1. The maximum absolute atomic E-state index is 13.0. The van der Waals surface area contributed by atoms with Crippen molar-refractivity contribution in [1.29, 1.82) is 0 Å². The van der Waals surface area contributed by atoms with E-state index in [0.717, 1.165) is 22.7 Å². The lowest BCUT2D eigenvalue weighted by Gasteiger charge is -2.14. The van der Waals surface area contributed by atoms with Crippen LogP contribution in [0, 0.1) is 10.1 Å². The molecule has 0 radical (unpaired) electrons. The first-order chi connectivity index (χ1) is 18.9. The number of hydrogen-bond donors (Lipinski definition) is 0. The van der Waals surface area contributed by atoms with E-state index in [1.165, 1.54) is 24.3 Å². The second-order valence-corrected chi connectivity index (χ2v) is 10.0. The Balaban J connectivity index is 1.59. The standard InChI is InChI=1S/C26H17Cl2F3N2O6S/c1-2-38-22-10-14(4-7-21(22)39-20-8-5-16(26(29,30)31)12-19(20)33(36)37)11-23-24(34)32(25(35)40-23)13-15-3-6-17(27)18(28)9-15/h3-12H,2,13H2,1H3/b23-11+. The van der Waals surface area contributed by atoms with Crippen LogP contribution in [0.3, 0.4) is 0 Å². The van der Waals surface area contributed by atoms with Crippen LogP contribution in [0.25, 0.3) is 6.08 Å². The molecule has 3 aromatic rings. The normalized spacial score (nSPS) is 14.7. The molecule has 0 atom stereocenters. The van der Waals surface area contributed by atoms with Gasteiger partial charge in [0.05, 0.1) is 38.6 Å². The van der Waals surface area contributed by atoms with Crippen LogP contribution in [0.4, 0.5) is 23.7 Å². The molecule has 2 amide bonds. The van der Waals surface area contributed by atoms with E-state index in [2.05, 4.69) is 0 Å². The van der Waals surface area contributed by atoms with E-state index in [1.807, 2.05) is 0 Å². The third kappa shape index (κ3) is 6.52. The Morgan fingerprint density at radius 3 is 2.38 bits per heavy atom. The molecule has 1 fully saturated rings. The number of nitro benzene ring substituents is 1. The number of ether oxygens (including phenoxy) is 2. The lowest BCUT2D eigenvalue weighted by atomic mass is 10.1. The van der Waals surface area contributed by atoms with Gasteiger partial charge in [-0.05, 0) is 72.3 Å². The van der Waals surface area contributed by atoms with Crippen LogP contribution in [0.1, 0.15) is 23.6 Å². The molecular weight excluding hydrogens is 596 g/mol. The summed E-state index contributed by atoms with van der Waals surface area (Å²) in [7, 11) is 0. The quantitative estimate of drug-likeness (QED) is 0.143. The molecule has 0 spiro atoms. The minimum Gasteiger partial charge on any atom is -0.490 e. The van der Waals surface area contributed by atoms with Gasteiger partial charge in [0.1, 0.15) is 0 Å². The summed E-state index contributed by atoms with van der Waals surface area (Å²) in [6.45, 7) is 1.82. The number of rotatable bonds is 8. The van der Waals surface area contributed by atoms with Gasteiger partial charge in [-0.15, -0.1) is 0 Å². The predicted molar refractivity (Wildman–Crippen MR) is 144 cm³/mol. The largest absolute Gasteiger partial charge is 0.490 e. The molecule has 0 aliphatic carbocycles. The Morgan fingerprint density at radius 1 is 1.00 bits per heavy atom. The molecule has 40 heavy (non-hydrogen) atoms. The van der Waals surface area contributed by atoms with Crippen LogP contribution < -0.4 is 9.47 Å². The van der Waals surface area contributed by atoms with Gasteiger partial charge in [0, 0.05) is 6.07 Å².